The van der Waals surface area contributed by atoms with E-state index < -0.39 is 0 Å². The molecule has 0 saturated heterocycles. The predicted octanol–water partition coefficient (Wildman–Crippen LogP) is 3.69. The van der Waals surface area contributed by atoms with Gasteiger partial charge in [0.15, 0.2) is 11.6 Å². The Labute approximate surface area is 157 Å². The van der Waals surface area contributed by atoms with Gasteiger partial charge in [0.25, 0.3) is 0 Å². The molecule has 2 aromatic carbocycles. The van der Waals surface area contributed by atoms with Crippen LogP contribution in [0.15, 0.2) is 60.7 Å². The summed E-state index contributed by atoms with van der Waals surface area (Å²) in [7, 11) is 0. The fourth-order valence-corrected chi connectivity index (χ4v) is 1.90. The number of hydrogen-bond donors (Lipinski definition) is 0. The molecule has 0 atom stereocenters. The van der Waals surface area contributed by atoms with Crippen molar-refractivity contribution in [3.8, 4) is 0 Å². The summed E-state index contributed by atoms with van der Waals surface area (Å²) < 4.78 is 0. The molecule has 0 aliphatic carbocycles. The molecule has 0 fully saturated rings. The summed E-state index contributed by atoms with van der Waals surface area (Å²) in [5.41, 5.74) is 1.21. The van der Waals surface area contributed by atoms with E-state index in [4.69, 9.17) is 0 Å². The summed E-state index contributed by atoms with van der Waals surface area (Å²) in [5.74, 6) is -0.404. The molecule has 0 N–H and O–H groups in total. The number of ketones is 4. The van der Waals surface area contributed by atoms with Gasteiger partial charge >= 0.3 is 0 Å². The largest absolute Gasteiger partial charge is 0.300 e. The van der Waals surface area contributed by atoms with Crippen LogP contribution in [0.25, 0.3) is 0 Å². The van der Waals surface area contributed by atoms with Crippen LogP contribution in [0, 0.1) is 0 Å². The van der Waals surface area contributed by atoms with Crippen molar-refractivity contribution in [1.29, 1.82) is 0 Å². The van der Waals surface area contributed by atoms with E-state index in [2.05, 4.69) is 0 Å². The Balaban J connectivity index is 0.000000443. The molecule has 0 amide bonds. The van der Waals surface area contributed by atoms with Crippen molar-refractivity contribution in [3.63, 3.8) is 0 Å². The van der Waals surface area contributed by atoms with E-state index in [-0.39, 0.29) is 52.5 Å². The molecule has 0 heterocycles. The van der Waals surface area contributed by atoms with Gasteiger partial charge in [-0.1, -0.05) is 60.7 Å². The molecule has 134 valence electrons. The first-order valence-corrected chi connectivity index (χ1v) is 7.55. The second-order valence-electron chi connectivity index (χ2n) is 5.34. The third-order valence-electron chi connectivity index (χ3n) is 3.01. The van der Waals surface area contributed by atoms with Gasteiger partial charge in [-0.15, -0.1) is 0 Å². The smallest absolute Gasteiger partial charge is 0.170 e. The van der Waals surface area contributed by atoms with Crippen LogP contribution in [0.2, 0.25) is 0 Å². The first kappa shape index (κ1) is 22.6. The molecule has 0 spiro atoms. The van der Waals surface area contributed by atoms with Gasteiger partial charge in [0.05, 0.1) is 12.8 Å². The van der Waals surface area contributed by atoms with Crippen LogP contribution in [0.3, 0.4) is 0 Å². The van der Waals surface area contributed by atoms with E-state index in [1.54, 1.807) is 48.5 Å². The van der Waals surface area contributed by atoms with Crippen LogP contribution in [0.5, 0.6) is 0 Å². The maximum atomic E-state index is 11.2. The second kappa shape index (κ2) is 12.0. The molecule has 0 aliphatic heterocycles. The van der Waals surface area contributed by atoms with E-state index in [9.17, 15) is 19.2 Å². The van der Waals surface area contributed by atoms with Gasteiger partial charge in [0.2, 0.25) is 0 Å². The average molecular weight is 383 g/mol. The summed E-state index contributed by atoms with van der Waals surface area (Å²) in [5, 5.41) is 0. The van der Waals surface area contributed by atoms with Crippen LogP contribution in [-0.2, 0) is 26.1 Å². The maximum Gasteiger partial charge on any atom is 0.170 e. The quantitative estimate of drug-likeness (QED) is 0.434. The van der Waals surface area contributed by atoms with Gasteiger partial charge in [-0.3, -0.25) is 19.2 Å². The Morgan fingerprint density at radius 1 is 0.600 bits per heavy atom. The molecule has 0 saturated carbocycles. The van der Waals surface area contributed by atoms with Crippen LogP contribution in [0.1, 0.15) is 47.4 Å². The minimum atomic E-state index is -0.108. The molecular formula is C20H20NiO4. The third-order valence-corrected chi connectivity index (χ3v) is 3.01. The van der Waals surface area contributed by atoms with Gasteiger partial charge < -0.3 is 0 Å². The minimum Gasteiger partial charge on any atom is -0.300 e. The molecule has 25 heavy (non-hydrogen) atoms. The average Bonchev–Trinajstić information content (AvgIpc) is 2.56. The van der Waals surface area contributed by atoms with Crippen molar-refractivity contribution >= 4 is 23.1 Å². The van der Waals surface area contributed by atoms with Gasteiger partial charge in [-0.05, 0) is 13.8 Å². The van der Waals surface area contributed by atoms with Crippen molar-refractivity contribution < 1.29 is 35.7 Å². The fourth-order valence-electron chi connectivity index (χ4n) is 1.90. The Hall–Kier alpha value is -2.39. The zero-order chi connectivity index (χ0) is 17.9. The molecule has 0 bridgehead atoms. The number of hydrogen-bond acceptors (Lipinski definition) is 4. The molecule has 0 unspecified atom stereocenters. The summed E-state index contributed by atoms with van der Waals surface area (Å²) >= 11 is 0. The van der Waals surface area contributed by atoms with Crippen molar-refractivity contribution in [2.75, 3.05) is 0 Å². The van der Waals surface area contributed by atoms with E-state index in [1.807, 2.05) is 12.1 Å². The van der Waals surface area contributed by atoms with Crippen LogP contribution in [-0.4, -0.2) is 23.1 Å². The first-order valence-electron chi connectivity index (χ1n) is 7.55. The molecule has 2 aromatic rings. The van der Waals surface area contributed by atoms with Gasteiger partial charge in [-0.25, -0.2) is 0 Å². The minimum absolute atomic E-state index is 0. The Bertz CT molecular complexity index is 645. The van der Waals surface area contributed by atoms with E-state index in [0.717, 1.165) is 0 Å². The molecule has 2 rings (SSSR count). The summed E-state index contributed by atoms with van der Waals surface area (Å²) in [6, 6.07) is 17.7. The predicted molar refractivity (Wildman–Crippen MR) is 92.1 cm³/mol. The van der Waals surface area contributed by atoms with Crippen molar-refractivity contribution in [1.82, 2.24) is 0 Å². The topological polar surface area (TPSA) is 68.3 Å². The number of carbonyl (C=O) groups excluding carboxylic acids is 4. The van der Waals surface area contributed by atoms with Crippen molar-refractivity contribution in [2.45, 2.75) is 26.7 Å². The zero-order valence-electron chi connectivity index (χ0n) is 14.1. The Morgan fingerprint density at radius 2 is 0.880 bits per heavy atom. The molecule has 4 nitrogen and oxygen atoms in total. The number of carbonyl (C=O) groups is 4. The van der Waals surface area contributed by atoms with Crippen LogP contribution < -0.4 is 0 Å². The Morgan fingerprint density at radius 3 is 1.12 bits per heavy atom. The van der Waals surface area contributed by atoms with Crippen molar-refractivity contribution in [3.05, 3.63) is 71.8 Å². The summed E-state index contributed by atoms with van der Waals surface area (Å²) in [4.78, 5) is 43.7. The van der Waals surface area contributed by atoms with E-state index in [0.29, 0.717) is 11.1 Å². The normalized spacial score (nSPS) is 9.04. The zero-order valence-corrected chi connectivity index (χ0v) is 15.1. The van der Waals surface area contributed by atoms with E-state index >= 15 is 0 Å². The van der Waals surface area contributed by atoms with Crippen molar-refractivity contribution in [2.24, 2.45) is 0 Å². The molecule has 0 aliphatic rings. The SMILES string of the molecule is CC(=O)CC(=O)c1ccccc1.CC(=O)CC(=O)c1ccccc1.[Ni]. The van der Waals surface area contributed by atoms with Crippen LogP contribution in [0.4, 0.5) is 0 Å². The first-order chi connectivity index (χ1) is 11.4. The number of rotatable bonds is 6. The van der Waals surface area contributed by atoms with Gasteiger partial charge in [0.1, 0.15) is 11.6 Å². The third kappa shape index (κ3) is 9.48. The monoisotopic (exact) mass is 382 g/mol. The molecule has 0 radical (unpaired) electrons. The van der Waals surface area contributed by atoms with Gasteiger partial charge in [0, 0.05) is 27.6 Å². The summed E-state index contributed by atoms with van der Waals surface area (Å²) in [6.07, 6.45) is 0.00796. The molecule has 5 heteroatoms. The number of benzene rings is 2. The molecular weight excluding hydrogens is 363 g/mol. The fraction of sp³-hybridized carbons (Fsp3) is 0.200. The van der Waals surface area contributed by atoms with Gasteiger partial charge in [-0.2, -0.15) is 0 Å². The number of Topliss-reactive ketones (excluding diaryl/α,β-unsaturated/α-hetero) is 4. The molecule has 0 aromatic heterocycles. The second-order valence-corrected chi connectivity index (χ2v) is 5.34. The van der Waals surface area contributed by atoms with E-state index in [1.165, 1.54) is 13.8 Å². The Kier molecular flexibility index (Phi) is 10.9. The summed E-state index contributed by atoms with van der Waals surface area (Å²) in [6.45, 7) is 2.84. The van der Waals surface area contributed by atoms with Crippen LogP contribution >= 0.6 is 0 Å². The maximum absolute atomic E-state index is 11.2. The standard InChI is InChI=1S/2C10H10O2.Ni/c2*1-8(11)7-10(12)9-5-3-2-4-6-9;/h2*2-6H,7H2,1H3;.